The molecule has 2 aromatic rings. The van der Waals surface area contributed by atoms with Gasteiger partial charge in [0.1, 0.15) is 11.6 Å². The summed E-state index contributed by atoms with van der Waals surface area (Å²) in [5.74, 6) is 1.86. The number of likely N-dealkylation sites (N-methyl/N-ethyl adjacent to an activating group) is 1. The van der Waals surface area contributed by atoms with Crippen molar-refractivity contribution in [1.29, 1.82) is 0 Å². The Balaban J connectivity index is 1.38. The summed E-state index contributed by atoms with van der Waals surface area (Å²) >= 11 is 0. The van der Waals surface area contributed by atoms with Crippen LogP contribution < -0.4 is 4.74 Å². The number of para-hydroxylation sites is 1. The van der Waals surface area contributed by atoms with Gasteiger partial charge in [-0.2, -0.15) is 0 Å². The highest BCUT2D eigenvalue weighted by Gasteiger charge is 2.27. The van der Waals surface area contributed by atoms with Gasteiger partial charge in [0.25, 0.3) is 5.91 Å². The maximum absolute atomic E-state index is 12.6. The Bertz CT molecular complexity index is 796. The lowest BCUT2D eigenvalue weighted by Crippen LogP contribution is -2.42. The van der Waals surface area contributed by atoms with Crippen molar-refractivity contribution in [1.82, 2.24) is 19.8 Å². The summed E-state index contributed by atoms with van der Waals surface area (Å²) in [6.45, 7) is 3.49. The first-order valence-electron chi connectivity index (χ1n) is 9.68. The summed E-state index contributed by atoms with van der Waals surface area (Å²) in [4.78, 5) is 26.2. The van der Waals surface area contributed by atoms with Crippen LogP contribution in [0.25, 0.3) is 0 Å². The lowest BCUT2D eigenvalue weighted by atomic mass is 9.96. The second-order valence-electron chi connectivity index (χ2n) is 7.47. The number of piperidine rings is 1. The molecule has 1 saturated heterocycles. The van der Waals surface area contributed by atoms with Gasteiger partial charge in [-0.05, 0) is 32.0 Å². The largest absolute Gasteiger partial charge is 0.484 e. The average molecular weight is 366 g/mol. The number of aromatic nitrogens is 2. The van der Waals surface area contributed by atoms with E-state index in [0.717, 1.165) is 50.5 Å². The minimum atomic E-state index is 0.0307. The number of nitrogens with zero attached hydrogens (tertiary/aromatic N) is 4. The molecule has 0 saturated carbocycles. The van der Waals surface area contributed by atoms with Gasteiger partial charge in [0.15, 0.2) is 6.61 Å². The van der Waals surface area contributed by atoms with Gasteiger partial charge in [-0.3, -0.25) is 4.79 Å². The van der Waals surface area contributed by atoms with Crippen LogP contribution >= 0.6 is 0 Å². The van der Waals surface area contributed by atoms with Gasteiger partial charge in [-0.1, -0.05) is 18.2 Å². The molecule has 6 nitrogen and oxygen atoms in total. The predicted molar refractivity (Wildman–Crippen MR) is 103 cm³/mol. The molecule has 142 valence electrons. The Labute approximate surface area is 160 Å². The van der Waals surface area contributed by atoms with Crippen molar-refractivity contribution < 1.29 is 9.53 Å². The van der Waals surface area contributed by atoms with E-state index in [1.807, 2.05) is 41.4 Å². The number of fused-ring (bicyclic) bond motifs is 1. The number of carbonyl (C=O) groups is 1. The molecule has 0 spiro atoms. The minimum Gasteiger partial charge on any atom is -0.484 e. The molecule has 1 aromatic heterocycles. The molecule has 1 aromatic carbocycles. The molecule has 2 aliphatic rings. The fourth-order valence-corrected chi connectivity index (χ4v) is 3.84. The second-order valence-corrected chi connectivity index (χ2v) is 7.47. The minimum absolute atomic E-state index is 0.0307. The molecule has 3 heterocycles. The normalized spacial score (nSPS) is 20.2. The number of likely N-dealkylation sites (tertiary alicyclic amines) is 1. The quantitative estimate of drug-likeness (QED) is 0.831. The highest BCUT2D eigenvalue weighted by molar-refractivity contribution is 5.78. The van der Waals surface area contributed by atoms with Crippen LogP contribution in [0, 0.1) is 0 Å². The summed E-state index contributed by atoms with van der Waals surface area (Å²) in [5, 5.41) is 0. The third-order valence-corrected chi connectivity index (χ3v) is 5.39. The Kier molecular flexibility index (Phi) is 5.34. The number of hydrogen-bond acceptors (Lipinski definition) is 5. The third-order valence-electron chi connectivity index (χ3n) is 5.39. The molecule has 0 aliphatic carbocycles. The molecule has 4 rings (SSSR count). The van der Waals surface area contributed by atoms with Crippen LogP contribution in [0.2, 0.25) is 0 Å². The predicted octanol–water partition coefficient (Wildman–Crippen LogP) is 2.25. The van der Waals surface area contributed by atoms with Crippen LogP contribution in [0.3, 0.4) is 0 Å². The monoisotopic (exact) mass is 366 g/mol. The standard InChI is InChI=1S/C21H26N4O2/c1-24-11-9-19-17(13-24)12-22-21(23-19)16-6-5-10-25(14-16)20(26)15-27-18-7-3-2-4-8-18/h2-4,7-8,12,16H,5-6,9-11,13-15H2,1H3/t16-/m1/s1. The van der Waals surface area contributed by atoms with Crippen molar-refractivity contribution in [3.63, 3.8) is 0 Å². The first kappa shape index (κ1) is 17.9. The summed E-state index contributed by atoms with van der Waals surface area (Å²) in [6.07, 6.45) is 4.96. The van der Waals surface area contributed by atoms with Gasteiger partial charge in [0.2, 0.25) is 0 Å². The lowest BCUT2D eigenvalue weighted by Gasteiger charge is -2.32. The van der Waals surface area contributed by atoms with Crippen LogP contribution in [0.4, 0.5) is 0 Å². The van der Waals surface area contributed by atoms with E-state index in [1.165, 1.54) is 11.3 Å². The van der Waals surface area contributed by atoms with Gasteiger partial charge in [-0.15, -0.1) is 0 Å². The fraction of sp³-hybridized carbons (Fsp3) is 0.476. The Morgan fingerprint density at radius 2 is 2.11 bits per heavy atom. The average Bonchev–Trinajstić information content (AvgIpc) is 2.72. The number of rotatable bonds is 4. The van der Waals surface area contributed by atoms with Crippen molar-refractivity contribution >= 4 is 5.91 Å². The van der Waals surface area contributed by atoms with Crippen molar-refractivity contribution in [2.45, 2.75) is 31.7 Å². The van der Waals surface area contributed by atoms with E-state index >= 15 is 0 Å². The molecule has 1 amide bonds. The van der Waals surface area contributed by atoms with E-state index < -0.39 is 0 Å². The maximum Gasteiger partial charge on any atom is 0.260 e. The van der Waals surface area contributed by atoms with Gasteiger partial charge in [0.05, 0.1) is 0 Å². The first-order chi connectivity index (χ1) is 13.2. The summed E-state index contributed by atoms with van der Waals surface area (Å²) in [5.41, 5.74) is 2.40. The Morgan fingerprint density at radius 3 is 2.96 bits per heavy atom. The van der Waals surface area contributed by atoms with Crippen LogP contribution in [0.1, 0.15) is 35.8 Å². The molecule has 0 unspecified atom stereocenters. The molecule has 0 bridgehead atoms. The summed E-state index contributed by atoms with van der Waals surface area (Å²) < 4.78 is 5.62. The van der Waals surface area contributed by atoms with Crippen molar-refractivity contribution in [2.75, 3.05) is 33.3 Å². The highest BCUT2D eigenvalue weighted by atomic mass is 16.5. The van der Waals surface area contributed by atoms with Crippen LogP contribution in [-0.4, -0.2) is 59.0 Å². The molecule has 2 aliphatic heterocycles. The van der Waals surface area contributed by atoms with E-state index in [-0.39, 0.29) is 18.4 Å². The van der Waals surface area contributed by atoms with Gasteiger partial charge < -0.3 is 14.5 Å². The van der Waals surface area contributed by atoms with E-state index in [0.29, 0.717) is 6.54 Å². The topological polar surface area (TPSA) is 58.6 Å². The number of carbonyl (C=O) groups excluding carboxylic acids is 1. The number of hydrogen-bond donors (Lipinski definition) is 0. The molecule has 1 fully saturated rings. The zero-order valence-corrected chi connectivity index (χ0v) is 15.8. The Morgan fingerprint density at radius 1 is 1.26 bits per heavy atom. The van der Waals surface area contributed by atoms with E-state index in [9.17, 15) is 4.79 Å². The SMILES string of the molecule is CN1CCc2nc([C@@H]3CCCN(C(=O)COc4ccccc4)C3)ncc2C1. The van der Waals surface area contributed by atoms with E-state index in [1.54, 1.807) is 0 Å². The summed E-state index contributed by atoms with van der Waals surface area (Å²) in [7, 11) is 2.12. The van der Waals surface area contributed by atoms with E-state index in [4.69, 9.17) is 9.72 Å². The fourth-order valence-electron chi connectivity index (χ4n) is 3.84. The van der Waals surface area contributed by atoms with Crippen LogP contribution in [0.15, 0.2) is 36.5 Å². The van der Waals surface area contributed by atoms with E-state index in [2.05, 4.69) is 16.9 Å². The highest BCUT2D eigenvalue weighted by Crippen LogP contribution is 2.26. The lowest BCUT2D eigenvalue weighted by molar-refractivity contribution is -0.134. The third kappa shape index (κ3) is 4.27. The van der Waals surface area contributed by atoms with Crippen LogP contribution in [0.5, 0.6) is 5.75 Å². The van der Waals surface area contributed by atoms with Crippen molar-refractivity contribution in [2.24, 2.45) is 0 Å². The number of benzene rings is 1. The number of ether oxygens (including phenoxy) is 1. The zero-order chi connectivity index (χ0) is 18.6. The molecular weight excluding hydrogens is 340 g/mol. The van der Waals surface area contributed by atoms with Crippen molar-refractivity contribution in [3.05, 3.63) is 53.6 Å². The van der Waals surface area contributed by atoms with Gasteiger partial charge in [0, 0.05) is 56.0 Å². The second kappa shape index (κ2) is 8.05. The molecular formula is C21H26N4O2. The smallest absolute Gasteiger partial charge is 0.260 e. The van der Waals surface area contributed by atoms with Crippen LogP contribution in [-0.2, 0) is 17.8 Å². The zero-order valence-electron chi connectivity index (χ0n) is 15.8. The summed E-state index contributed by atoms with van der Waals surface area (Å²) in [6, 6.07) is 9.47. The van der Waals surface area contributed by atoms with Gasteiger partial charge >= 0.3 is 0 Å². The van der Waals surface area contributed by atoms with Gasteiger partial charge in [-0.25, -0.2) is 9.97 Å². The molecule has 27 heavy (non-hydrogen) atoms. The molecule has 1 atom stereocenters. The molecule has 0 N–H and O–H groups in total. The molecule has 6 heteroatoms. The number of amides is 1. The molecule has 0 radical (unpaired) electrons. The maximum atomic E-state index is 12.6. The van der Waals surface area contributed by atoms with Crippen molar-refractivity contribution in [3.8, 4) is 5.75 Å². The Hall–Kier alpha value is -2.47. The first-order valence-corrected chi connectivity index (χ1v) is 9.68.